The Hall–Kier alpha value is -4.18. The van der Waals surface area contributed by atoms with Crippen molar-refractivity contribution in [3.63, 3.8) is 0 Å². The number of anilines is 2. The lowest BCUT2D eigenvalue weighted by atomic mass is 9.93. The van der Waals surface area contributed by atoms with Crippen molar-refractivity contribution >= 4 is 23.2 Å². The summed E-state index contributed by atoms with van der Waals surface area (Å²) in [6.45, 7) is 4.41. The number of fused-ring (bicyclic) bond motifs is 3. The second kappa shape index (κ2) is 8.40. The highest BCUT2D eigenvalue weighted by atomic mass is 16.2. The molecule has 0 aromatic heterocycles. The molecule has 0 fully saturated rings. The van der Waals surface area contributed by atoms with Gasteiger partial charge >= 0.3 is 0 Å². The van der Waals surface area contributed by atoms with Gasteiger partial charge in [0, 0.05) is 22.4 Å². The normalized spacial score (nSPS) is 12.0. The maximum absolute atomic E-state index is 13.4. The van der Waals surface area contributed by atoms with Gasteiger partial charge in [0.2, 0.25) is 0 Å². The summed E-state index contributed by atoms with van der Waals surface area (Å²) in [5.74, 6) is -0.221. The summed E-state index contributed by atoms with van der Waals surface area (Å²) < 4.78 is 0. The predicted molar refractivity (Wildman–Crippen MR) is 133 cm³/mol. The molecule has 5 rings (SSSR count). The molecule has 0 saturated heterocycles. The molecule has 0 radical (unpaired) electrons. The van der Waals surface area contributed by atoms with Crippen LogP contribution in [0.15, 0.2) is 91.0 Å². The minimum Gasteiger partial charge on any atom is -0.322 e. The zero-order valence-electron chi connectivity index (χ0n) is 18.6. The summed E-state index contributed by atoms with van der Waals surface area (Å²) in [4.78, 5) is 28.0. The summed E-state index contributed by atoms with van der Waals surface area (Å²) in [6.07, 6.45) is 0. The highest BCUT2D eigenvalue weighted by molar-refractivity contribution is 6.10. The van der Waals surface area contributed by atoms with Crippen LogP contribution in [-0.2, 0) is 6.54 Å². The third-order valence-electron chi connectivity index (χ3n) is 6.10. The first-order valence-corrected chi connectivity index (χ1v) is 11.0. The van der Waals surface area contributed by atoms with Gasteiger partial charge in [0.25, 0.3) is 11.8 Å². The molecule has 0 atom stereocenters. The van der Waals surface area contributed by atoms with Crippen LogP contribution >= 0.6 is 0 Å². The van der Waals surface area contributed by atoms with E-state index < -0.39 is 0 Å². The Balaban J connectivity index is 1.38. The lowest BCUT2D eigenvalue weighted by Crippen LogP contribution is -2.33. The summed E-state index contributed by atoms with van der Waals surface area (Å²) in [5.41, 5.74) is 8.11. The topological polar surface area (TPSA) is 49.4 Å². The van der Waals surface area contributed by atoms with Crippen LogP contribution in [0.5, 0.6) is 0 Å². The number of aryl methyl sites for hydroxylation is 2. The Morgan fingerprint density at radius 1 is 0.788 bits per heavy atom. The molecule has 0 bridgehead atoms. The molecule has 4 heteroatoms. The molecule has 0 spiro atoms. The molecule has 1 aliphatic heterocycles. The summed E-state index contributed by atoms with van der Waals surface area (Å²) in [7, 11) is 0. The molecule has 4 aromatic rings. The zero-order valence-corrected chi connectivity index (χ0v) is 18.6. The van der Waals surface area contributed by atoms with E-state index in [2.05, 4.69) is 23.5 Å². The maximum atomic E-state index is 13.4. The average Bonchev–Trinajstić information content (AvgIpc) is 2.85. The number of carbonyl (C=O) groups excluding carboxylic acids is 2. The number of nitrogens with one attached hydrogen (secondary N) is 1. The maximum Gasteiger partial charge on any atom is 0.258 e. The van der Waals surface area contributed by atoms with Crippen molar-refractivity contribution in [2.24, 2.45) is 0 Å². The van der Waals surface area contributed by atoms with Gasteiger partial charge in [-0.25, -0.2) is 0 Å². The van der Waals surface area contributed by atoms with Crippen LogP contribution < -0.4 is 10.2 Å². The molecule has 0 aliphatic carbocycles. The van der Waals surface area contributed by atoms with Crippen LogP contribution in [0.4, 0.5) is 11.4 Å². The number of rotatable bonds is 3. The number of hydrogen-bond donors (Lipinski definition) is 1. The molecular formula is C29H24N2O2. The fraction of sp³-hybridized carbons (Fsp3) is 0.103. The lowest BCUT2D eigenvalue weighted by molar-refractivity contribution is 0.0983. The van der Waals surface area contributed by atoms with E-state index in [0.29, 0.717) is 23.4 Å². The molecule has 1 heterocycles. The Bertz CT molecular complexity index is 1370. The number of hydrogen-bond acceptors (Lipinski definition) is 2. The monoisotopic (exact) mass is 432 g/mol. The van der Waals surface area contributed by atoms with E-state index in [4.69, 9.17) is 0 Å². The summed E-state index contributed by atoms with van der Waals surface area (Å²) in [5, 5.41) is 2.94. The van der Waals surface area contributed by atoms with Crippen molar-refractivity contribution in [3.8, 4) is 11.1 Å². The zero-order chi connectivity index (χ0) is 22.9. The van der Waals surface area contributed by atoms with Crippen molar-refractivity contribution in [2.45, 2.75) is 20.4 Å². The first-order chi connectivity index (χ1) is 16.0. The van der Waals surface area contributed by atoms with Gasteiger partial charge in [0.1, 0.15) is 0 Å². The highest BCUT2D eigenvalue weighted by Gasteiger charge is 2.26. The first-order valence-electron chi connectivity index (χ1n) is 11.0. The predicted octanol–water partition coefficient (Wildman–Crippen LogP) is 6.38. The average molecular weight is 433 g/mol. The smallest absolute Gasteiger partial charge is 0.258 e. The van der Waals surface area contributed by atoms with Gasteiger partial charge in [-0.15, -0.1) is 0 Å². The number of carbonyl (C=O) groups is 2. The molecule has 0 saturated carbocycles. The Morgan fingerprint density at radius 3 is 2.27 bits per heavy atom. The van der Waals surface area contributed by atoms with Gasteiger partial charge in [-0.2, -0.15) is 0 Å². The van der Waals surface area contributed by atoms with E-state index in [-0.39, 0.29) is 11.8 Å². The molecule has 4 aromatic carbocycles. The van der Waals surface area contributed by atoms with Crippen LogP contribution in [0.2, 0.25) is 0 Å². The second-order valence-electron chi connectivity index (χ2n) is 8.42. The van der Waals surface area contributed by atoms with Crippen molar-refractivity contribution in [2.75, 3.05) is 10.2 Å². The standard InChI is InChI=1S/C29H24N2O2/c1-19-11-12-20(2)26(17-19)28(32)30-23-15-13-21(14-16-23)29(33)31-18-22-7-3-4-8-24(22)25-9-5-6-10-27(25)31/h3-17H,18H2,1-2H3,(H,30,32). The molecule has 2 amide bonds. The van der Waals surface area contributed by atoms with E-state index in [9.17, 15) is 9.59 Å². The van der Waals surface area contributed by atoms with Crippen LogP contribution in [0, 0.1) is 13.8 Å². The van der Waals surface area contributed by atoms with Crippen molar-refractivity contribution in [1.82, 2.24) is 0 Å². The number of nitrogens with zero attached hydrogens (tertiary/aromatic N) is 1. The summed E-state index contributed by atoms with van der Waals surface area (Å²) in [6, 6.07) is 29.1. The van der Waals surface area contributed by atoms with Gasteiger partial charge < -0.3 is 10.2 Å². The van der Waals surface area contributed by atoms with E-state index in [1.165, 1.54) is 5.56 Å². The Kier molecular flexibility index (Phi) is 5.27. The molecule has 4 nitrogen and oxygen atoms in total. The van der Waals surface area contributed by atoms with Crippen LogP contribution in [0.3, 0.4) is 0 Å². The molecular weight excluding hydrogens is 408 g/mol. The minimum atomic E-state index is -0.156. The lowest BCUT2D eigenvalue weighted by Gasteiger charge is -2.31. The van der Waals surface area contributed by atoms with Gasteiger partial charge in [0.05, 0.1) is 12.2 Å². The van der Waals surface area contributed by atoms with Crippen molar-refractivity contribution in [1.29, 1.82) is 0 Å². The van der Waals surface area contributed by atoms with Gasteiger partial charge in [0.15, 0.2) is 0 Å². The first kappa shape index (κ1) is 20.7. The van der Waals surface area contributed by atoms with Crippen molar-refractivity contribution < 1.29 is 9.59 Å². The van der Waals surface area contributed by atoms with Gasteiger partial charge in [-0.05, 0) is 66.9 Å². The molecule has 0 unspecified atom stereocenters. The molecule has 1 N–H and O–H groups in total. The number of para-hydroxylation sites is 1. The number of benzene rings is 4. The van der Waals surface area contributed by atoms with E-state index in [1.54, 1.807) is 24.3 Å². The van der Waals surface area contributed by atoms with Crippen molar-refractivity contribution in [3.05, 3.63) is 119 Å². The van der Waals surface area contributed by atoms with E-state index in [0.717, 1.165) is 27.9 Å². The minimum absolute atomic E-state index is 0.0654. The molecule has 162 valence electrons. The van der Waals surface area contributed by atoms with Gasteiger partial charge in [-0.1, -0.05) is 60.2 Å². The Morgan fingerprint density at radius 2 is 1.48 bits per heavy atom. The Labute approximate surface area is 193 Å². The second-order valence-corrected chi connectivity index (χ2v) is 8.42. The van der Waals surface area contributed by atoms with Crippen LogP contribution in [0.1, 0.15) is 37.4 Å². The quantitative estimate of drug-likeness (QED) is 0.408. The van der Waals surface area contributed by atoms with Crippen LogP contribution in [0.25, 0.3) is 11.1 Å². The largest absolute Gasteiger partial charge is 0.322 e. The molecule has 33 heavy (non-hydrogen) atoms. The van der Waals surface area contributed by atoms with E-state index >= 15 is 0 Å². The fourth-order valence-corrected chi connectivity index (χ4v) is 4.33. The third kappa shape index (κ3) is 3.92. The highest BCUT2D eigenvalue weighted by Crippen LogP contribution is 2.39. The summed E-state index contributed by atoms with van der Waals surface area (Å²) >= 11 is 0. The fourth-order valence-electron chi connectivity index (χ4n) is 4.33. The number of amides is 2. The van der Waals surface area contributed by atoms with Crippen LogP contribution in [-0.4, -0.2) is 11.8 Å². The van der Waals surface area contributed by atoms with E-state index in [1.807, 2.05) is 67.3 Å². The SMILES string of the molecule is Cc1ccc(C)c(C(=O)Nc2ccc(C(=O)N3Cc4ccccc4-c4ccccc43)cc2)c1. The molecule has 1 aliphatic rings. The third-order valence-corrected chi connectivity index (χ3v) is 6.10. The van der Waals surface area contributed by atoms with Gasteiger partial charge in [-0.3, -0.25) is 9.59 Å².